The van der Waals surface area contributed by atoms with Crippen LogP contribution in [0.15, 0.2) is 48.6 Å². The lowest BCUT2D eigenvalue weighted by Gasteiger charge is -2.28. The predicted molar refractivity (Wildman–Crippen MR) is 337 cm³/mol. The van der Waals surface area contributed by atoms with E-state index in [1.54, 1.807) is 0 Å². The summed E-state index contributed by atoms with van der Waals surface area (Å²) in [6.07, 6.45) is 77.7. The maximum atomic E-state index is 12.8. The first-order chi connectivity index (χ1) is 38.5. The number of quaternary nitrogens is 1. The first kappa shape index (κ1) is 77.0. The lowest BCUT2D eigenvalue weighted by atomic mass is 10.0. The van der Waals surface area contributed by atoms with Gasteiger partial charge in [-0.05, 0) is 51.4 Å². The number of nitrogens with zero attached hydrogens (tertiary/aromatic N) is 1. The Morgan fingerprint density at radius 3 is 1.08 bits per heavy atom. The minimum atomic E-state index is -4.64. The van der Waals surface area contributed by atoms with Crippen molar-refractivity contribution >= 4 is 19.8 Å². The van der Waals surface area contributed by atoms with Crippen LogP contribution < -0.4 is 4.89 Å². The van der Waals surface area contributed by atoms with Gasteiger partial charge in [0, 0.05) is 12.8 Å². The normalized spacial score (nSPS) is 13.4. The highest BCUT2D eigenvalue weighted by molar-refractivity contribution is 7.45. The smallest absolute Gasteiger partial charge is 0.306 e. The van der Waals surface area contributed by atoms with Crippen molar-refractivity contribution in [1.29, 1.82) is 0 Å². The first-order valence-electron chi connectivity index (χ1n) is 33.8. The number of likely N-dealkylation sites (N-methyl/N-ethyl adjacent to an activating group) is 1. The molecule has 0 N–H and O–H groups in total. The molecule has 0 fully saturated rings. The number of phosphoric acid groups is 1. The summed E-state index contributed by atoms with van der Waals surface area (Å²) in [7, 11) is 1.17. The van der Waals surface area contributed by atoms with E-state index in [2.05, 4.69) is 62.5 Å². The second-order valence-corrected chi connectivity index (χ2v) is 25.6. The fourth-order valence-corrected chi connectivity index (χ4v) is 10.7. The molecule has 0 aromatic heterocycles. The number of allylic oxidation sites excluding steroid dienone is 8. The summed E-state index contributed by atoms with van der Waals surface area (Å²) in [6.45, 7) is 4.17. The summed E-state index contributed by atoms with van der Waals surface area (Å²) in [6, 6.07) is 0. The Hall–Kier alpha value is -2.03. The van der Waals surface area contributed by atoms with E-state index in [1.807, 2.05) is 21.1 Å². The van der Waals surface area contributed by atoms with Gasteiger partial charge in [0.1, 0.15) is 19.8 Å². The van der Waals surface area contributed by atoms with Gasteiger partial charge in [0.2, 0.25) is 0 Å². The van der Waals surface area contributed by atoms with E-state index >= 15 is 0 Å². The number of phosphoric ester groups is 1. The van der Waals surface area contributed by atoms with Crippen LogP contribution in [0.1, 0.15) is 328 Å². The summed E-state index contributed by atoms with van der Waals surface area (Å²) >= 11 is 0. The van der Waals surface area contributed by atoms with Crippen LogP contribution in [-0.2, 0) is 32.7 Å². The average molecular weight is 1130 g/mol. The van der Waals surface area contributed by atoms with Crippen LogP contribution in [-0.4, -0.2) is 70.0 Å². The van der Waals surface area contributed by atoms with Crippen molar-refractivity contribution in [3.8, 4) is 0 Å². The van der Waals surface area contributed by atoms with Gasteiger partial charge in [0.05, 0.1) is 27.7 Å². The molecule has 0 aromatic carbocycles. The van der Waals surface area contributed by atoms with Crippen molar-refractivity contribution in [2.45, 2.75) is 335 Å². The summed E-state index contributed by atoms with van der Waals surface area (Å²) in [4.78, 5) is 38.0. The van der Waals surface area contributed by atoms with Gasteiger partial charge in [0.25, 0.3) is 7.82 Å². The lowest BCUT2D eigenvalue weighted by molar-refractivity contribution is -0.870. The predicted octanol–water partition coefficient (Wildman–Crippen LogP) is 21.0. The van der Waals surface area contributed by atoms with Crippen LogP contribution in [0.3, 0.4) is 0 Å². The van der Waals surface area contributed by atoms with E-state index in [0.29, 0.717) is 17.4 Å². The van der Waals surface area contributed by atoms with E-state index in [9.17, 15) is 19.0 Å². The number of ether oxygens (including phenoxy) is 2. The molecule has 0 heterocycles. The maximum Gasteiger partial charge on any atom is 0.306 e. The fraction of sp³-hybridized carbons (Fsp3) is 0.855. The Balaban J connectivity index is 3.97. The van der Waals surface area contributed by atoms with E-state index in [0.717, 1.165) is 70.6 Å². The van der Waals surface area contributed by atoms with Crippen molar-refractivity contribution in [3.05, 3.63) is 48.6 Å². The summed E-state index contributed by atoms with van der Waals surface area (Å²) in [5, 5.41) is 0. The molecule has 0 saturated heterocycles. The average Bonchev–Trinajstić information content (AvgIpc) is 3.41. The third kappa shape index (κ3) is 65.0. The van der Waals surface area contributed by atoms with Crippen molar-refractivity contribution in [1.82, 2.24) is 0 Å². The Morgan fingerprint density at radius 1 is 0.405 bits per heavy atom. The third-order valence-corrected chi connectivity index (χ3v) is 16.1. The number of carbonyl (C=O) groups excluding carboxylic acids is 2. The monoisotopic (exact) mass is 1130 g/mol. The largest absolute Gasteiger partial charge is 0.756 e. The second kappa shape index (κ2) is 60.6. The maximum absolute atomic E-state index is 12.8. The minimum Gasteiger partial charge on any atom is -0.756 e. The van der Waals surface area contributed by atoms with Crippen LogP contribution >= 0.6 is 7.82 Å². The number of hydrogen-bond acceptors (Lipinski definition) is 8. The van der Waals surface area contributed by atoms with Gasteiger partial charge in [-0.3, -0.25) is 14.2 Å². The molecule has 79 heavy (non-hydrogen) atoms. The van der Waals surface area contributed by atoms with Gasteiger partial charge >= 0.3 is 11.9 Å². The highest BCUT2D eigenvalue weighted by Crippen LogP contribution is 2.38. The molecule has 0 aliphatic rings. The number of hydrogen-bond donors (Lipinski definition) is 0. The van der Waals surface area contributed by atoms with Gasteiger partial charge in [-0.15, -0.1) is 0 Å². The second-order valence-electron chi connectivity index (χ2n) is 24.2. The highest BCUT2D eigenvalue weighted by Gasteiger charge is 2.22. The van der Waals surface area contributed by atoms with Crippen molar-refractivity contribution in [3.63, 3.8) is 0 Å². The Bertz CT molecular complexity index is 1470. The van der Waals surface area contributed by atoms with Crippen molar-refractivity contribution in [2.75, 3.05) is 47.5 Å². The molecule has 0 bridgehead atoms. The van der Waals surface area contributed by atoms with E-state index < -0.39 is 26.5 Å². The van der Waals surface area contributed by atoms with E-state index in [-0.39, 0.29) is 32.0 Å². The quantitative estimate of drug-likeness (QED) is 0.0195. The van der Waals surface area contributed by atoms with Crippen LogP contribution in [0, 0.1) is 0 Å². The van der Waals surface area contributed by atoms with E-state index in [4.69, 9.17) is 18.5 Å². The zero-order chi connectivity index (χ0) is 57.7. The molecular formula is C69H130NO8P. The van der Waals surface area contributed by atoms with Gasteiger partial charge in [-0.2, -0.15) is 0 Å². The van der Waals surface area contributed by atoms with Gasteiger partial charge in [-0.1, -0.05) is 313 Å². The molecular weight excluding hydrogens is 1000 g/mol. The summed E-state index contributed by atoms with van der Waals surface area (Å²) in [5.41, 5.74) is 0. The SMILES string of the molecule is CC/C=C\C/C=C\C/C=C\C/C=C\CCCCCCCCCCC(=O)OC(COC(=O)CCCCCCCCCCCCCCCCCCCCCCCCCCCCCCCCCCCC)COP(=O)([O-])OCC[N+](C)(C)C. The van der Waals surface area contributed by atoms with Crippen LogP contribution in [0.25, 0.3) is 0 Å². The van der Waals surface area contributed by atoms with Crippen molar-refractivity contribution < 1.29 is 42.1 Å². The molecule has 0 aliphatic carbocycles. The molecule has 0 amide bonds. The van der Waals surface area contributed by atoms with Gasteiger partial charge in [0.15, 0.2) is 6.10 Å². The molecule has 0 saturated carbocycles. The van der Waals surface area contributed by atoms with Gasteiger partial charge < -0.3 is 27.9 Å². The topological polar surface area (TPSA) is 111 Å². The third-order valence-electron chi connectivity index (χ3n) is 15.1. The number of carbonyl (C=O) groups is 2. The number of rotatable bonds is 63. The molecule has 9 nitrogen and oxygen atoms in total. The lowest BCUT2D eigenvalue weighted by Crippen LogP contribution is -2.37. The molecule has 10 heteroatoms. The van der Waals surface area contributed by atoms with Crippen LogP contribution in [0.4, 0.5) is 0 Å². The zero-order valence-electron chi connectivity index (χ0n) is 52.8. The van der Waals surface area contributed by atoms with Crippen LogP contribution in [0.2, 0.25) is 0 Å². The Labute approximate surface area is 490 Å². The van der Waals surface area contributed by atoms with E-state index in [1.165, 1.54) is 225 Å². The van der Waals surface area contributed by atoms with Gasteiger partial charge in [-0.25, -0.2) is 0 Å². The first-order valence-corrected chi connectivity index (χ1v) is 35.3. The molecule has 0 aromatic rings. The highest BCUT2D eigenvalue weighted by atomic mass is 31.2. The molecule has 2 unspecified atom stereocenters. The summed E-state index contributed by atoms with van der Waals surface area (Å²) < 4.78 is 34.3. The fourth-order valence-electron chi connectivity index (χ4n) is 9.95. The number of esters is 2. The molecule has 464 valence electrons. The molecule has 0 rings (SSSR count). The molecule has 0 aliphatic heterocycles. The number of unbranched alkanes of at least 4 members (excludes halogenated alkanes) is 41. The van der Waals surface area contributed by atoms with Crippen molar-refractivity contribution in [2.24, 2.45) is 0 Å². The van der Waals surface area contributed by atoms with Crippen LogP contribution in [0.5, 0.6) is 0 Å². The molecule has 0 spiro atoms. The Kier molecular flexibility index (Phi) is 59.0. The molecule has 0 radical (unpaired) electrons. The zero-order valence-corrected chi connectivity index (χ0v) is 53.7. The minimum absolute atomic E-state index is 0.0322. The molecule has 2 atom stereocenters. The standard InChI is InChI=1S/C69H130NO8P/c1-6-8-10-12-14-16-18-20-22-24-26-28-29-30-31-32-33-34-35-36-37-38-39-40-42-43-45-47-49-51-53-55-57-59-61-68(71)75-65-67(66-77-79(73,74)76-64-63-70(3,4)5)78-69(72)62-60-58-56-54-52-50-48-46-44-41-27-25-23-21-19-17-15-13-11-9-7-2/h9,11,15,17,21,23,27,41,67H,6-8,10,12-14,16,18-20,22,24-26,28-40,42-66H2,1-5H3/b11-9-,17-15-,23-21-,41-27-. The summed E-state index contributed by atoms with van der Waals surface area (Å²) in [5.74, 6) is -0.829. The Morgan fingerprint density at radius 2 is 0.722 bits per heavy atom.